The van der Waals surface area contributed by atoms with Crippen molar-refractivity contribution in [3.8, 4) is 5.75 Å². The fraction of sp³-hybridized carbons (Fsp3) is 0.269. The number of phenolic OH excluding ortho intramolecular Hbond substituents is 1. The van der Waals surface area contributed by atoms with Gasteiger partial charge in [0.1, 0.15) is 5.75 Å². The third-order valence-corrected chi connectivity index (χ3v) is 6.68. The van der Waals surface area contributed by atoms with E-state index in [1.807, 2.05) is 25.2 Å². The minimum absolute atomic E-state index is 0.107. The van der Waals surface area contributed by atoms with Crippen molar-refractivity contribution in [2.75, 3.05) is 7.05 Å². The molecular weight excluding hydrogens is 373 g/mol. The predicted octanol–water partition coefficient (Wildman–Crippen LogP) is 5.40. The van der Waals surface area contributed by atoms with Crippen LogP contribution in [-0.4, -0.2) is 17.9 Å². The maximum absolute atomic E-state index is 11.1. The molecule has 3 rings (SSSR count). The molecule has 0 aliphatic carbocycles. The van der Waals surface area contributed by atoms with Crippen LogP contribution in [0.1, 0.15) is 48.6 Å². The Balaban J connectivity index is 2.14. The van der Waals surface area contributed by atoms with Gasteiger partial charge in [0.15, 0.2) is 0 Å². The van der Waals surface area contributed by atoms with Crippen LogP contribution >= 0.6 is 8.58 Å². The SMILES string of the molecule is CN=C(c1ccccc1)c1cccc(C)c1Pc1cc(C)cc(C(C)(C)C)c1O. The standard InChI is InChI=1S/C26H30NOP/c1-17-15-21(26(3,4)5)24(28)22(16-17)29-25-18(2)11-10-14-20(25)23(27-6)19-12-8-7-9-13-19/h7-16,28-29H,1-6H3. The summed E-state index contributed by atoms with van der Waals surface area (Å²) in [5, 5.41) is 13.3. The van der Waals surface area contributed by atoms with E-state index in [1.165, 1.54) is 16.4 Å². The number of rotatable bonds is 4. The molecule has 3 heteroatoms. The molecule has 2 nitrogen and oxygen atoms in total. The van der Waals surface area contributed by atoms with Gasteiger partial charge in [0.25, 0.3) is 0 Å². The van der Waals surface area contributed by atoms with Crippen molar-refractivity contribution in [1.29, 1.82) is 0 Å². The van der Waals surface area contributed by atoms with Crippen molar-refractivity contribution < 1.29 is 5.11 Å². The van der Waals surface area contributed by atoms with Gasteiger partial charge in [0.2, 0.25) is 0 Å². The summed E-state index contributed by atoms with van der Waals surface area (Å²) < 4.78 is 0. The molecule has 0 bridgehead atoms. The van der Waals surface area contributed by atoms with Crippen LogP contribution in [0.15, 0.2) is 65.7 Å². The predicted molar refractivity (Wildman–Crippen MR) is 128 cm³/mol. The Morgan fingerprint density at radius 1 is 0.931 bits per heavy atom. The van der Waals surface area contributed by atoms with E-state index in [2.05, 4.69) is 82.1 Å². The third-order valence-electron chi connectivity index (χ3n) is 5.12. The number of hydrogen-bond acceptors (Lipinski definition) is 2. The monoisotopic (exact) mass is 403 g/mol. The highest BCUT2D eigenvalue weighted by Crippen LogP contribution is 2.34. The Morgan fingerprint density at radius 3 is 2.24 bits per heavy atom. The van der Waals surface area contributed by atoms with Crippen molar-refractivity contribution in [2.45, 2.75) is 40.0 Å². The van der Waals surface area contributed by atoms with E-state index in [4.69, 9.17) is 0 Å². The third kappa shape index (κ3) is 4.60. The van der Waals surface area contributed by atoms with Gasteiger partial charge in [-0.05, 0) is 41.8 Å². The molecule has 0 saturated heterocycles. The Morgan fingerprint density at radius 2 is 1.62 bits per heavy atom. The number of benzene rings is 3. The first-order valence-corrected chi connectivity index (χ1v) is 11.0. The molecule has 0 spiro atoms. The van der Waals surface area contributed by atoms with E-state index in [0.717, 1.165) is 27.7 Å². The van der Waals surface area contributed by atoms with Gasteiger partial charge >= 0.3 is 0 Å². The first-order valence-electron chi connectivity index (χ1n) is 9.95. The Bertz CT molecular complexity index is 1050. The minimum atomic E-state index is -0.107. The normalized spacial score (nSPS) is 12.7. The molecule has 1 unspecified atom stereocenters. The molecule has 3 aromatic carbocycles. The Kier molecular flexibility index (Phi) is 6.24. The number of aromatic hydroxyl groups is 1. The molecule has 1 N–H and O–H groups in total. The van der Waals surface area contributed by atoms with Crippen molar-refractivity contribution in [1.82, 2.24) is 0 Å². The van der Waals surface area contributed by atoms with Crippen LogP contribution in [0.3, 0.4) is 0 Å². The quantitative estimate of drug-likeness (QED) is 0.459. The van der Waals surface area contributed by atoms with E-state index >= 15 is 0 Å². The van der Waals surface area contributed by atoms with Crippen LogP contribution in [0.2, 0.25) is 0 Å². The molecule has 0 heterocycles. The number of nitrogens with zero attached hydrogens (tertiary/aromatic N) is 1. The fourth-order valence-corrected chi connectivity index (χ4v) is 5.05. The molecule has 150 valence electrons. The first-order chi connectivity index (χ1) is 13.7. The number of phenols is 1. The van der Waals surface area contributed by atoms with Gasteiger partial charge in [-0.1, -0.05) is 83.9 Å². The van der Waals surface area contributed by atoms with Gasteiger partial charge in [0.05, 0.1) is 5.71 Å². The van der Waals surface area contributed by atoms with E-state index in [9.17, 15) is 5.11 Å². The lowest BCUT2D eigenvalue weighted by molar-refractivity contribution is 0.450. The minimum Gasteiger partial charge on any atom is -0.507 e. The summed E-state index contributed by atoms with van der Waals surface area (Å²) in [5.74, 6) is 0.422. The summed E-state index contributed by atoms with van der Waals surface area (Å²) in [7, 11) is 2.20. The number of hydrogen-bond donors (Lipinski definition) is 1. The van der Waals surface area contributed by atoms with E-state index < -0.39 is 0 Å². The van der Waals surface area contributed by atoms with Crippen molar-refractivity contribution in [3.05, 3.63) is 88.5 Å². The topological polar surface area (TPSA) is 32.6 Å². The van der Waals surface area contributed by atoms with Crippen LogP contribution in [0.25, 0.3) is 0 Å². The fourth-order valence-electron chi connectivity index (χ4n) is 3.61. The van der Waals surface area contributed by atoms with Crippen LogP contribution in [0, 0.1) is 13.8 Å². The molecule has 0 aromatic heterocycles. The molecule has 0 amide bonds. The second-order valence-electron chi connectivity index (χ2n) is 8.52. The van der Waals surface area contributed by atoms with Crippen molar-refractivity contribution in [3.63, 3.8) is 0 Å². The zero-order valence-corrected chi connectivity index (χ0v) is 19.2. The lowest BCUT2D eigenvalue weighted by Crippen LogP contribution is -2.20. The summed E-state index contributed by atoms with van der Waals surface area (Å²) in [6.07, 6.45) is 0. The van der Waals surface area contributed by atoms with Crippen molar-refractivity contribution >= 4 is 24.9 Å². The molecule has 3 aromatic rings. The van der Waals surface area contributed by atoms with Crippen LogP contribution in [-0.2, 0) is 5.41 Å². The summed E-state index contributed by atoms with van der Waals surface area (Å²) in [6.45, 7) is 10.7. The zero-order valence-electron chi connectivity index (χ0n) is 18.2. The maximum Gasteiger partial charge on any atom is 0.127 e. The Labute approximate surface area is 176 Å². The second-order valence-corrected chi connectivity index (χ2v) is 9.81. The van der Waals surface area contributed by atoms with Gasteiger partial charge in [-0.3, -0.25) is 4.99 Å². The highest BCUT2D eigenvalue weighted by molar-refractivity contribution is 7.56. The Hall–Kier alpha value is -2.44. The number of aliphatic imine (C=N–C) groups is 1. The summed E-state index contributed by atoms with van der Waals surface area (Å²) in [5.41, 5.74) is 6.52. The summed E-state index contributed by atoms with van der Waals surface area (Å²) >= 11 is 0. The lowest BCUT2D eigenvalue weighted by Gasteiger charge is -2.23. The largest absolute Gasteiger partial charge is 0.507 e. The van der Waals surface area contributed by atoms with Gasteiger partial charge in [0, 0.05) is 29.0 Å². The van der Waals surface area contributed by atoms with E-state index in [-0.39, 0.29) is 5.41 Å². The van der Waals surface area contributed by atoms with Crippen LogP contribution in [0.4, 0.5) is 0 Å². The van der Waals surface area contributed by atoms with E-state index in [1.54, 1.807) is 0 Å². The molecule has 0 radical (unpaired) electrons. The maximum atomic E-state index is 11.1. The van der Waals surface area contributed by atoms with Gasteiger partial charge in [-0.15, -0.1) is 0 Å². The zero-order chi connectivity index (χ0) is 21.2. The van der Waals surface area contributed by atoms with Gasteiger partial charge in [-0.25, -0.2) is 0 Å². The lowest BCUT2D eigenvalue weighted by atomic mass is 9.85. The van der Waals surface area contributed by atoms with Crippen molar-refractivity contribution in [2.24, 2.45) is 4.99 Å². The summed E-state index contributed by atoms with van der Waals surface area (Å²) in [4.78, 5) is 4.63. The first kappa shape index (κ1) is 21.3. The highest BCUT2D eigenvalue weighted by atomic mass is 31.1. The molecule has 0 aliphatic heterocycles. The molecule has 0 aliphatic rings. The average molecular weight is 404 g/mol. The summed E-state index contributed by atoms with van der Waals surface area (Å²) in [6, 6.07) is 20.9. The van der Waals surface area contributed by atoms with Crippen LogP contribution in [0.5, 0.6) is 5.75 Å². The number of aryl methyl sites for hydroxylation is 2. The smallest absolute Gasteiger partial charge is 0.127 e. The van der Waals surface area contributed by atoms with Crippen LogP contribution < -0.4 is 10.6 Å². The van der Waals surface area contributed by atoms with Gasteiger partial charge in [-0.2, -0.15) is 0 Å². The molecule has 1 atom stereocenters. The molecule has 29 heavy (non-hydrogen) atoms. The average Bonchev–Trinajstić information content (AvgIpc) is 2.67. The van der Waals surface area contributed by atoms with E-state index in [0.29, 0.717) is 14.3 Å². The second kappa shape index (κ2) is 8.51. The van der Waals surface area contributed by atoms with Gasteiger partial charge < -0.3 is 5.11 Å². The highest BCUT2D eigenvalue weighted by Gasteiger charge is 2.22. The molecule has 0 saturated carbocycles. The molecule has 0 fully saturated rings. The molecular formula is C26H30NOP.